The first-order valence-corrected chi connectivity index (χ1v) is 2.15. The number of rotatable bonds is 2. The Balaban J connectivity index is -0.000000180. The maximum absolute atomic E-state index is 6.80. The molecular formula is C5H11Cl2NO. The van der Waals surface area contributed by atoms with Gasteiger partial charge in [-0.2, -0.15) is 0 Å². The molecule has 0 aliphatic heterocycles. The summed E-state index contributed by atoms with van der Waals surface area (Å²) in [7, 11) is 0. The van der Waals surface area contributed by atoms with E-state index in [1.54, 1.807) is 0 Å². The minimum Gasteiger partial charge on any atom is -0.478 e. The normalized spacial score (nSPS) is 5.89. The van der Waals surface area contributed by atoms with Crippen LogP contribution in [0.5, 0.6) is 0 Å². The van der Waals surface area contributed by atoms with Crippen LogP contribution >= 0.6 is 24.8 Å². The van der Waals surface area contributed by atoms with Crippen LogP contribution in [0, 0.1) is 5.41 Å². The maximum Gasteiger partial charge on any atom is 0.205 e. The molecule has 0 radical (unpaired) electrons. The van der Waals surface area contributed by atoms with Gasteiger partial charge in [0.15, 0.2) is 0 Å². The average molecular weight is 172 g/mol. The highest BCUT2D eigenvalue weighted by atomic mass is 35.5. The third kappa shape index (κ3) is 11.4. The fourth-order valence-electron chi connectivity index (χ4n) is 0.214. The second kappa shape index (κ2) is 10.7. The van der Waals surface area contributed by atoms with Crippen molar-refractivity contribution < 1.29 is 4.74 Å². The van der Waals surface area contributed by atoms with Crippen molar-refractivity contribution in [3.63, 3.8) is 0 Å². The zero-order valence-electron chi connectivity index (χ0n) is 5.22. The SMILES string of the molecule is C=CC(=N)OCC.Cl.Cl. The van der Waals surface area contributed by atoms with Crippen LogP contribution in [-0.2, 0) is 4.74 Å². The molecule has 0 aliphatic rings. The van der Waals surface area contributed by atoms with Gasteiger partial charge in [-0.1, -0.05) is 6.58 Å². The van der Waals surface area contributed by atoms with Crippen LogP contribution in [0.25, 0.3) is 0 Å². The monoisotopic (exact) mass is 171 g/mol. The van der Waals surface area contributed by atoms with Gasteiger partial charge in [0.1, 0.15) is 0 Å². The van der Waals surface area contributed by atoms with Gasteiger partial charge in [-0.15, -0.1) is 24.8 Å². The summed E-state index contributed by atoms with van der Waals surface area (Å²) in [5.74, 6) is 0.141. The fraction of sp³-hybridized carbons (Fsp3) is 0.400. The van der Waals surface area contributed by atoms with Crippen molar-refractivity contribution in [2.45, 2.75) is 6.92 Å². The number of nitrogens with one attached hydrogen (secondary N) is 1. The predicted octanol–water partition coefficient (Wildman–Crippen LogP) is 2.03. The smallest absolute Gasteiger partial charge is 0.205 e. The summed E-state index contributed by atoms with van der Waals surface area (Å²) >= 11 is 0. The zero-order chi connectivity index (χ0) is 5.70. The molecule has 56 valence electrons. The molecule has 0 aromatic heterocycles. The summed E-state index contributed by atoms with van der Waals surface area (Å²) in [6.07, 6.45) is 1.36. The fourth-order valence-corrected chi connectivity index (χ4v) is 0.214. The van der Waals surface area contributed by atoms with Crippen LogP contribution < -0.4 is 0 Å². The van der Waals surface area contributed by atoms with Crippen LogP contribution in [0.1, 0.15) is 6.92 Å². The third-order valence-corrected chi connectivity index (χ3v) is 0.485. The standard InChI is InChI=1S/C5H9NO.2ClH/c1-3-5(6)7-4-2;;/h3,6H,1,4H2,2H3;2*1H. The summed E-state index contributed by atoms with van der Waals surface area (Å²) in [4.78, 5) is 0. The van der Waals surface area contributed by atoms with E-state index in [9.17, 15) is 0 Å². The van der Waals surface area contributed by atoms with Crippen LogP contribution in [-0.4, -0.2) is 12.5 Å². The molecule has 0 saturated heterocycles. The highest BCUT2D eigenvalue weighted by Gasteiger charge is 1.80. The molecule has 0 unspecified atom stereocenters. The van der Waals surface area contributed by atoms with Crippen molar-refractivity contribution in [2.24, 2.45) is 0 Å². The first-order valence-electron chi connectivity index (χ1n) is 2.15. The van der Waals surface area contributed by atoms with E-state index in [1.165, 1.54) is 6.08 Å². The Hall–Kier alpha value is -0.210. The van der Waals surface area contributed by atoms with Gasteiger partial charge in [-0.3, -0.25) is 5.41 Å². The van der Waals surface area contributed by atoms with E-state index in [0.29, 0.717) is 6.61 Å². The Morgan fingerprint density at radius 1 is 1.67 bits per heavy atom. The molecule has 0 rings (SSSR count). The highest BCUT2D eigenvalue weighted by Crippen LogP contribution is 1.75. The first-order chi connectivity index (χ1) is 3.31. The molecule has 4 heteroatoms. The number of halogens is 2. The van der Waals surface area contributed by atoms with Crippen LogP contribution in [0.3, 0.4) is 0 Å². The molecule has 0 heterocycles. The van der Waals surface area contributed by atoms with Crippen molar-refractivity contribution in [3.05, 3.63) is 12.7 Å². The lowest BCUT2D eigenvalue weighted by molar-refractivity contribution is 0.327. The average Bonchev–Trinajstić information content (AvgIpc) is 1.68. The van der Waals surface area contributed by atoms with Crippen LogP contribution in [0.4, 0.5) is 0 Å². The Morgan fingerprint density at radius 3 is 2.22 bits per heavy atom. The lowest BCUT2D eigenvalue weighted by Gasteiger charge is -1.94. The van der Waals surface area contributed by atoms with Crippen molar-refractivity contribution in [1.29, 1.82) is 5.41 Å². The molecule has 0 fully saturated rings. The van der Waals surface area contributed by atoms with Crippen LogP contribution in [0.2, 0.25) is 0 Å². The van der Waals surface area contributed by atoms with Gasteiger partial charge in [0, 0.05) is 0 Å². The summed E-state index contributed by atoms with van der Waals surface area (Å²) in [5.41, 5.74) is 0. The minimum atomic E-state index is 0. The van der Waals surface area contributed by atoms with E-state index in [0.717, 1.165) is 0 Å². The minimum absolute atomic E-state index is 0. The molecule has 0 spiro atoms. The molecule has 0 aliphatic carbocycles. The number of hydrogen-bond acceptors (Lipinski definition) is 2. The molecule has 0 saturated carbocycles. The van der Waals surface area contributed by atoms with Gasteiger partial charge in [0.05, 0.1) is 6.61 Å². The molecule has 1 N–H and O–H groups in total. The Kier molecular flexibility index (Phi) is 18.9. The molecule has 2 nitrogen and oxygen atoms in total. The molecule has 0 amide bonds. The van der Waals surface area contributed by atoms with Crippen molar-refractivity contribution in [2.75, 3.05) is 6.61 Å². The highest BCUT2D eigenvalue weighted by molar-refractivity contribution is 5.85. The third-order valence-electron chi connectivity index (χ3n) is 0.485. The van der Waals surface area contributed by atoms with Crippen molar-refractivity contribution in [3.8, 4) is 0 Å². The molecule has 0 atom stereocenters. The lowest BCUT2D eigenvalue weighted by Crippen LogP contribution is -1.96. The quantitative estimate of drug-likeness (QED) is 0.501. The van der Waals surface area contributed by atoms with Gasteiger partial charge in [-0.05, 0) is 13.0 Å². The van der Waals surface area contributed by atoms with Gasteiger partial charge in [-0.25, -0.2) is 0 Å². The Morgan fingerprint density at radius 2 is 2.11 bits per heavy atom. The van der Waals surface area contributed by atoms with Crippen molar-refractivity contribution >= 4 is 30.7 Å². The largest absolute Gasteiger partial charge is 0.478 e. The molecular weight excluding hydrogens is 161 g/mol. The van der Waals surface area contributed by atoms with E-state index in [4.69, 9.17) is 5.41 Å². The topological polar surface area (TPSA) is 33.1 Å². The van der Waals surface area contributed by atoms with E-state index >= 15 is 0 Å². The summed E-state index contributed by atoms with van der Waals surface area (Å²) in [6.45, 7) is 5.71. The zero-order valence-corrected chi connectivity index (χ0v) is 6.85. The molecule has 0 aromatic rings. The number of ether oxygens (including phenoxy) is 1. The Bertz CT molecular complexity index is 85.0. The predicted molar refractivity (Wildman–Crippen MR) is 44.0 cm³/mol. The summed E-state index contributed by atoms with van der Waals surface area (Å²) in [5, 5.41) is 6.80. The van der Waals surface area contributed by atoms with Gasteiger partial charge in [0.25, 0.3) is 0 Å². The van der Waals surface area contributed by atoms with E-state index in [-0.39, 0.29) is 30.7 Å². The van der Waals surface area contributed by atoms with Gasteiger partial charge < -0.3 is 4.74 Å². The summed E-state index contributed by atoms with van der Waals surface area (Å²) < 4.78 is 4.66. The molecule has 9 heavy (non-hydrogen) atoms. The van der Waals surface area contributed by atoms with E-state index in [2.05, 4.69) is 11.3 Å². The first kappa shape index (κ1) is 15.9. The second-order valence-corrected chi connectivity index (χ2v) is 1.00. The second-order valence-electron chi connectivity index (χ2n) is 1.00. The van der Waals surface area contributed by atoms with Gasteiger partial charge >= 0.3 is 0 Å². The van der Waals surface area contributed by atoms with Crippen LogP contribution in [0.15, 0.2) is 12.7 Å². The molecule has 0 aromatic carbocycles. The maximum atomic E-state index is 6.80. The van der Waals surface area contributed by atoms with Crippen molar-refractivity contribution in [1.82, 2.24) is 0 Å². The summed E-state index contributed by atoms with van der Waals surface area (Å²) in [6, 6.07) is 0. The number of hydrogen-bond donors (Lipinski definition) is 1. The Labute approximate surface area is 67.6 Å². The van der Waals surface area contributed by atoms with E-state index < -0.39 is 0 Å². The molecule has 0 bridgehead atoms. The van der Waals surface area contributed by atoms with E-state index in [1.807, 2.05) is 6.92 Å². The van der Waals surface area contributed by atoms with Gasteiger partial charge in [0.2, 0.25) is 5.90 Å². The lowest BCUT2D eigenvalue weighted by atomic mass is 10.6.